The molecule has 6 heteroatoms. The molecular weight excluding hydrogens is 216 g/mol. The van der Waals surface area contributed by atoms with Crippen LogP contribution in [-0.4, -0.2) is 23.5 Å². The lowest BCUT2D eigenvalue weighted by atomic mass is 10.1. The van der Waals surface area contributed by atoms with Crippen LogP contribution in [0.3, 0.4) is 0 Å². The Labute approximate surface area is 90.9 Å². The minimum Gasteiger partial charge on any atom is -0.388 e. The van der Waals surface area contributed by atoms with Gasteiger partial charge in [0, 0.05) is 6.54 Å². The van der Waals surface area contributed by atoms with Gasteiger partial charge in [0.25, 0.3) is 0 Å². The maximum absolute atomic E-state index is 10.7. The van der Waals surface area contributed by atoms with Crippen LogP contribution < -0.4 is 11.1 Å². The molecule has 5 nitrogen and oxygen atoms in total. The van der Waals surface area contributed by atoms with E-state index in [9.17, 15) is 14.7 Å². The van der Waals surface area contributed by atoms with E-state index < -0.39 is 17.9 Å². The zero-order chi connectivity index (χ0) is 11.3. The molecule has 0 aliphatic carbocycles. The van der Waals surface area contributed by atoms with Gasteiger partial charge in [0.15, 0.2) is 0 Å². The summed E-state index contributed by atoms with van der Waals surface area (Å²) in [7, 11) is 0. The molecule has 1 rings (SSSR count). The highest BCUT2D eigenvalue weighted by Crippen LogP contribution is 2.18. The second-order valence-electron chi connectivity index (χ2n) is 2.98. The topological polar surface area (TPSA) is 92.4 Å². The molecule has 1 heterocycles. The van der Waals surface area contributed by atoms with Gasteiger partial charge in [-0.05, 0) is 28.8 Å². The van der Waals surface area contributed by atoms with Gasteiger partial charge in [-0.3, -0.25) is 9.59 Å². The van der Waals surface area contributed by atoms with E-state index in [0.717, 1.165) is 5.56 Å². The highest BCUT2D eigenvalue weighted by Gasteiger charge is 2.10. The number of aliphatic hydroxyl groups excluding tert-OH is 1. The van der Waals surface area contributed by atoms with Crippen molar-refractivity contribution in [3.63, 3.8) is 0 Å². The molecule has 1 aromatic rings. The van der Waals surface area contributed by atoms with Crippen LogP contribution in [0.1, 0.15) is 18.1 Å². The van der Waals surface area contributed by atoms with Crippen molar-refractivity contribution in [1.82, 2.24) is 5.32 Å². The number of hydrogen-bond donors (Lipinski definition) is 3. The van der Waals surface area contributed by atoms with Crippen molar-refractivity contribution < 1.29 is 14.7 Å². The number of thiophene rings is 1. The maximum atomic E-state index is 10.7. The summed E-state index contributed by atoms with van der Waals surface area (Å²) < 4.78 is 0. The van der Waals surface area contributed by atoms with Crippen molar-refractivity contribution in [3.05, 3.63) is 22.4 Å². The molecule has 4 N–H and O–H groups in total. The van der Waals surface area contributed by atoms with Crippen molar-refractivity contribution in [2.75, 3.05) is 6.54 Å². The second kappa shape index (κ2) is 5.47. The zero-order valence-electron chi connectivity index (χ0n) is 7.97. The van der Waals surface area contributed by atoms with Crippen LogP contribution in [0.25, 0.3) is 0 Å². The maximum Gasteiger partial charge on any atom is 0.309 e. The molecule has 0 spiro atoms. The SMILES string of the molecule is NC(=O)C(=O)NCCC(O)c1ccsc1. The molecule has 0 fully saturated rings. The number of carbonyl (C=O) groups excluding carboxylic acids is 2. The van der Waals surface area contributed by atoms with Gasteiger partial charge in [0.2, 0.25) is 0 Å². The fourth-order valence-corrected chi connectivity index (χ4v) is 1.75. The molecule has 1 atom stereocenters. The Bertz CT molecular complexity index is 337. The molecule has 0 bridgehead atoms. The smallest absolute Gasteiger partial charge is 0.309 e. The van der Waals surface area contributed by atoms with E-state index in [1.807, 2.05) is 16.8 Å². The first kappa shape index (κ1) is 11.7. The predicted octanol–water partition coefficient (Wildman–Crippen LogP) is -0.227. The summed E-state index contributed by atoms with van der Waals surface area (Å²) in [5.74, 6) is -1.84. The number of rotatable bonds is 4. The van der Waals surface area contributed by atoms with Crippen molar-refractivity contribution in [2.24, 2.45) is 5.73 Å². The van der Waals surface area contributed by atoms with Crippen LogP contribution in [-0.2, 0) is 9.59 Å². The van der Waals surface area contributed by atoms with E-state index in [4.69, 9.17) is 5.73 Å². The van der Waals surface area contributed by atoms with Gasteiger partial charge in [-0.1, -0.05) is 0 Å². The second-order valence-corrected chi connectivity index (χ2v) is 3.76. The summed E-state index contributed by atoms with van der Waals surface area (Å²) in [6, 6.07) is 1.81. The number of nitrogens with one attached hydrogen (secondary N) is 1. The lowest BCUT2D eigenvalue weighted by molar-refractivity contribution is -0.137. The molecule has 0 radical (unpaired) electrons. The molecule has 2 amide bonds. The van der Waals surface area contributed by atoms with Gasteiger partial charge in [-0.15, -0.1) is 0 Å². The molecule has 0 aliphatic rings. The van der Waals surface area contributed by atoms with E-state index in [-0.39, 0.29) is 6.54 Å². The predicted molar refractivity (Wildman–Crippen MR) is 56.1 cm³/mol. The van der Waals surface area contributed by atoms with Crippen LogP contribution in [0, 0.1) is 0 Å². The molecule has 0 aliphatic heterocycles. The average Bonchev–Trinajstić information content (AvgIpc) is 2.70. The summed E-state index contributed by atoms with van der Waals surface area (Å²) in [5, 5.41) is 15.6. The largest absolute Gasteiger partial charge is 0.388 e. The van der Waals surface area contributed by atoms with Gasteiger partial charge >= 0.3 is 11.8 Å². The molecule has 1 aromatic heterocycles. The van der Waals surface area contributed by atoms with Crippen molar-refractivity contribution in [3.8, 4) is 0 Å². The lowest BCUT2D eigenvalue weighted by Crippen LogP contribution is -2.36. The summed E-state index contributed by atoms with van der Waals surface area (Å²) in [6.45, 7) is 0.221. The summed E-state index contributed by atoms with van der Waals surface area (Å²) in [4.78, 5) is 21.1. The third kappa shape index (κ3) is 3.69. The summed E-state index contributed by atoms with van der Waals surface area (Å²) in [6.07, 6.45) is -0.264. The summed E-state index contributed by atoms with van der Waals surface area (Å²) in [5.41, 5.74) is 5.55. The van der Waals surface area contributed by atoms with Gasteiger partial charge in [0.1, 0.15) is 0 Å². The zero-order valence-corrected chi connectivity index (χ0v) is 8.79. The van der Waals surface area contributed by atoms with E-state index >= 15 is 0 Å². The van der Waals surface area contributed by atoms with Crippen molar-refractivity contribution >= 4 is 23.2 Å². The van der Waals surface area contributed by atoms with Crippen LogP contribution in [0.5, 0.6) is 0 Å². The van der Waals surface area contributed by atoms with Gasteiger partial charge in [-0.25, -0.2) is 0 Å². The highest BCUT2D eigenvalue weighted by atomic mass is 32.1. The Morgan fingerprint density at radius 3 is 2.87 bits per heavy atom. The molecule has 0 aromatic carbocycles. The molecule has 15 heavy (non-hydrogen) atoms. The monoisotopic (exact) mass is 228 g/mol. The third-order valence-electron chi connectivity index (χ3n) is 1.86. The molecule has 0 saturated heterocycles. The summed E-state index contributed by atoms with van der Waals surface area (Å²) >= 11 is 1.49. The molecular formula is C9H12N2O3S. The molecule has 82 valence electrons. The normalized spacial score (nSPS) is 12.1. The Hall–Kier alpha value is -1.40. The van der Waals surface area contributed by atoms with Crippen molar-refractivity contribution in [1.29, 1.82) is 0 Å². The molecule has 1 unspecified atom stereocenters. The minimum atomic E-state index is -1.01. The van der Waals surface area contributed by atoms with Gasteiger partial charge in [0.05, 0.1) is 6.10 Å². The van der Waals surface area contributed by atoms with Crippen molar-refractivity contribution in [2.45, 2.75) is 12.5 Å². The van der Waals surface area contributed by atoms with Gasteiger partial charge < -0.3 is 16.2 Å². The van der Waals surface area contributed by atoms with Crippen LogP contribution >= 0.6 is 11.3 Å². The standard InChI is InChI=1S/C9H12N2O3S/c10-8(13)9(14)11-3-1-7(12)6-2-4-15-5-6/h2,4-5,7,12H,1,3H2,(H2,10,13)(H,11,14). The third-order valence-corrected chi connectivity index (χ3v) is 2.56. The fourth-order valence-electron chi connectivity index (χ4n) is 1.04. The van der Waals surface area contributed by atoms with Crippen LogP contribution in [0.4, 0.5) is 0 Å². The first-order valence-corrected chi connectivity index (χ1v) is 5.33. The van der Waals surface area contributed by atoms with Crippen LogP contribution in [0.2, 0.25) is 0 Å². The quantitative estimate of drug-likeness (QED) is 0.622. The van der Waals surface area contributed by atoms with E-state index in [0.29, 0.717) is 6.42 Å². The van der Waals surface area contributed by atoms with E-state index in [1.165, 1.54) is 11.3 Å². The number of amides is 2. The Balaban J connectivity index is 2.26. The fraction of sp³-hybridized carbons (Fsp3) is 0.333. The Morgan fingerprint density at radius 1 is 1.60 bits per heavy atom. The first-order valence-electron chi connectivity index (χ1n) is 4.39. The Kier molecular flexibility index (Phi) is 4.26. The number of carbonyl (C=O) groups is 2. The van der Waals surface area contributed by atoms with Crippen LogP contribution in [0.15, 0.2) is 16.8 Å². The Morgan fingerprint density at radius 2 is 2.33 bits per heavy atom. The number of nitrogens with two attached hydrogens (primary N) is 1. The van der Waals surface area contributed by atoms with E-state index in [1.54, 1.807) is 0 Å². The highest BCUT2D eigenvalue weighted by molar-refractivity contribution is 7.07. The average molecular weight is 228 g/mol. The number of primary amides is 1. The minimum absolute atomic E-state index is 0.221. The first-order chi connectivity index (χ1) is 7.11. The number of aliphatic hydroxyl groups is 1. The molecule has 0 saturated carbocycles. The number of hydrogen-bond acceptors (Lipinski definition) is 4. The van der Waals surface area contributed by atoms with E-state index in [2.05, 4.69) is 5.32 Å². The van der Waals surface area contributed by atoms with Gasteiger partial charge in [-0.2, -0.15) is 11.3 Å². The lowest BCUT2D eigenvalue weighted by Gasteiger charge is -2.08.